The standard InChI is InChI=1S/C19H22N2O4S/c1-24-15-9-8-13(12-16(15)25-2)20-18(22)14-6-3-4-10-21(14)19(23)17-7-5-11-26-17/h5,7-9,11-12,14H,3-4,6,10H2,1-2H3,(H,20,22)/t14-/m0/s1. The van der Waals surface area contributed by atoms with Crippen LogP contribution in [0.25, 0.3) is 0 Å². The van der Waals surface area contributed by atoms with E-state index in [0.717, 1.165) is 12.8 Å². The van der Waals surface area contributed by atoms with E-state index < -0.39 is 6.04 Å². The number of nitrogens with one attached hydrogen (secondary N) is 1. The number of carbonyl (C=O) groups is 2. The molecular weight excluding hydrogens is 352 g/mol. The molecule has 0 spiro atoms. The van der Waals surface area contributed by atoms with Crippen molar-refractivity contribution in [3.8, 4) is 11.5 Å². The van der Waals surface area contributed by atoms with Gasteiger partial charge >= 0.3 is 0 Å². The van der Waals surface area contributed by atoms with Crippen molar-refractivity contribution < 1.29 is 19.1 Å². The van der Waals surface area contributed by atoms with E-state index in [1.165, 1.54) is 11.3 Å². The maximum absolute atomic E-state index is 12.8. The highest BCUT2D eigenvalue weighted by molar-refractivity contribution is 7.12. The van der Waals surface area contributed by atoms with Crippen LogP contribution in [0.3, 0.4) is 0 Å². The SMILES string of the molecule is COc1ccc(NC(=O)[C@@H]2CCCCN2C(=O)c2cccs2)cc1OC. The van der Waals surface area contributed by atoms with Gasteiger partial charge in [-0.15, -0.1) is 11.3 Å². The monoisotopic (exact) mass is 374 g/mol. The van der Waals surface area contributed by atoms with Gasteiger partial charge in [-0.1, -0.05) is 6.07 Å². The number of thiophene rings is 1. The van der Waals surface area contributed by atoms with Crippen LogP contribution in [0.4, 0.5) is 5.69 Å². The summed E-state index contributed by atoms with van der Waals surface area (Å²) in [5.41, 5.74) is 0.613. The number of methoxy groups -OCH3 is 2. The van der Waals surface area contributed by atoms with Gasteiger partial charge in [0.2, 0.25) is 5.91 Å². The molecule has 2 aromatic rings. The molecule has 0 aliphatic carbocycles. The molecule has 0 radical (unpaired) electrons. The summed E-state index contributed by atoms with van der Waals surface area (Å²) in [4.78, 5) is 27.9. The minimum Gasteiger partial charge on any atom is -0.493 e. The van der Waals surface area contributed by atoms with Crippen LogP contribution >= 0.6 is 11.3 Å². The molecule has 1 aromatic heterocycles. The Morgan fingerprint density at radius 1 is 1.15 bits per heavy atom. The highest BCUT2D eigenvalue weighted by Crippen LogP contribution is 2.30. The zero-order chi connectivity index (χ0) is 18.5. The van der Waals surface area contributed by atoms with Crippen molar-refractivity contribution >= 4 is 28.8 Å². The van der Waals surface area contributed by atoms with Crippen LogP contribution in [0, 0.1) is 0 Å². The maximum Gasteiger partial charge on any atom is 0.264 e. The normalized spacial score (nSPS) is 16.8. The number of ether oxygens (including phenoxy) is 2. The summed E-state index contributed by atoms with van der Waals surface area (Å²) in [6.07, 6.45) is 2.51. The molecule has 2 heterocycles. The fourth-order valence-electron chi connectivity index (χ4n) is 3.13. The molecule has 26 heavy (non-hydrogen) atoms. The molecule has 1 N–H and O–H groups in total. The number of hydrogen-bond acceptors (Lipinski definition) is 5. The number of likely N-dealkylation sites (tertiary alicyclic amines) is 1. The summed E-state index contributed by atoms with van der Waals surface area (Å²) >= 11 is 1.40. The van der Waals surface area contributed by atoms with Gasteiger partial charge in [0.05, 0.1) is 19.1 Å². The number of anilines is 1. The average molecular weight is 374 g/mol. The van der Waals surface area contributed by atoms with Gasteiger partial charge < -0.3 is 19.7 Å². The Labute approximate surface area is 156 Å². The predicted octanol–water partition coefficient (Wildman–Crippen LogP) is 3.40. The van der Waals surface area contributed by atoms with Crippen molar-refractivity contribution in [1.29, 1.82) is 0 Å². The molecule has 7 heteroatoms. The minimum absolute atomic E-state index is 0.0767. The Hall–Kier alpha value is -2.54. The summed E-state index contributed by atoms with van der Waals surface area (Å²) in [5.74, 6) is 0.882. The number of rotatable bonds is 5. The van der Waals surface area contributed by atoms with Crippen LogP contribution in [0.2, 0.25) is 0 Å². The van der Waals surface area contributed by atoms with Gasteiger partial charge in [0.15, 0.2) is 11.5 Å². The Morgan fingerprint density at radius 2 is 1.96 bits per heavy atom. The lowest BCUT2D eigenvalue weighted by Crippen LogP contribution is -2.49. The second-order valence-corrected chi connectivity index (χ2v) is 6.99. The molecule has 1 aromatic carbocycles. The predicted molar refractivity (Wildman–Crippen MR) is 101 cm³/mol. The van der Waals surface area contributed by atoms with Crippen LogP contribution in [-0.4, -0.2) is 43.5 Å². The molecule has 0 saturated carbocycles. The Bertz CT molecular complexity index is 776. The van der Waals surface area contributed by atoms with E-state index in [1.54, 1.807) is 43.4 Å². The molecule has 1 aliphatic rings. The molecule has 2 amide bonds. The molecule has 3 rings (SSSR count). The van der Waals surface area contributed by atoms with Gasteiger partial charge in [-0.3, -0.25) is 9.59 Å². The Balaban J connectivity index is 1.76. The lowest BCUT2D eigenvalue weighted by Gasteiger charge is -2.34. The third-order valence-corrected chi connectivity index (χ3v) is 5.31. The van der Waals surface area contributed by atoms with Crippen molar-refractivity contribution in [3.05, 3.63) is 40.6 Å². The van der Waals surface area contributed by atoms with E-state index in [9.17, 15) is 9.59 Å². The second-order valence-electron chi connectivity index (χ2n) is 6.05. The molecule has 1 atom stereocenters. The van der Waals surface area contributed by atoms with Crippen molar-refractivity contribution in [1.82, 2.24) is 4.90 Å². The molecule has 6 nitrogen and oxygen atoms in total. The molecule has 0 bridgehead atoms. The number of amides is 2. The van der Waals surface area contributed by atoms with E-state index in [2.05, 4.69) is 5.32 Å². The number of nitrogens with zero attached hydrogens (tertiary/aromatic N) is 1. The van der Waals surface area contributed by atoms with E-state index >= 15 is 0 Å². The van der Waals surface area contributed by atoms with Crippen LogP contribution in [0.1, 0.15) is 28.9 Å². The first-order chi connectivity index (χ1) is 12.6. The number of hydrogen-bond donors (Lipinski definition) is 1. The zero-order valence-corrected chi connectivity index (χ0v) is 15.7. The largest absolute Gasteiger partial charge is 0.493 e. The van der Waals surface area contributed by atoms with Crippen LogP contribution < -0.4 is 14.8 Å². The fraction of sp³-hybridized carbons (Fsp3) is 0.368. The third-order valence-electron chi connectivity index (χ3n) is 4.45. The molecule has 1 aliphatic heterocycles. The summed E-state index contributed by atoms with van der Waals surface area (Å²) in [5, 5.41) is 4.77. The number of benzene rings is 1. The summed E-state index contributed by atoms with van der Waals surface area (Å²) < 4.78 is 10.5. The van der Waals surface area contributed by atoms with Crippen molar-refractivity contribution in [3.63, 3.8) is 0 Å². The van der Waals surface area contributed by atoms with Gasteiger partial charge in [-0.25, -0.2) is 0 Å². The van der Waals surface area contributed by atoms with Crippen LogP contribution in [0.15, 0.2) is 35.7 Å². The lowest BCUT2D eigenvalue weighted by atomic mass is 10.0. The Morgan fingerprint density at radius 3 is 2.65 bits per heavy atom. The highest BCUT2D eigenvalue weighted by Gasteiger charge is 2.33. The molecule has 1 saturated heterocycles. The van der Waals surface area contributed by atoms with E-state index in [-0.39, 0.29) is 11.8 Å². The third kappa shape index (κ3) is 3.83. The van der Waals surface area contributed by atoms with Gasteiger partial charge in [-0.05, 0) is 42.8 Å². The fourth-order valence-corrected chi connectivity index (χ4v) is 3.81. The van der Waals surface area contributed by atoms with Crippen LogP contribution in [0.5, 0.6) is 11.5 Å². The topological polar surface area (TPSA) is 67.9 Å². The smallest absolute Gasteiger partial charge is 0.264 e. The highest BCUT2D eigenvalue weighted by atomic mass is 32.1. The van der Waals surface area contributed by atoms with Crippen LogP contribution in [-0.2, 0) is 4.79 Å². The first-order valence-electron chi connectivity index (χ1n) is 8.51. The first kappa shape index (κ1) is 18.3. The molecule has 138 valence electrons. The molecular formula is C19H22N2O4S. The summed E-state index contributed by atoms with van der Waals surface area (Å²) in [6, 6.07) is 8.39. The number of piperidine rings is 1. The average Bonchev–Trinajstić information content (AvgIpc) is 3.22. The van der Waals surface area contributed by atoms with Gasteiger partial charge in [0, 0.05) is 18.3 Å². The van der Waals surface area contributed by atoms with Gasteiger partial charge in [-0.2, -0.15) is 0 Å². The second kappa shape index (κ2) is 8.23. The van der Waals surface area contributed by atoms with E-state index in [1.807, 2.05) is 11.4 Å². The molecule has 0 unspecified atom stereocenters. The minimum atomic E-state index is -0.466. The quantitative estimate of drug-likeness (QED) is 0.871. The van der Waals surface area contributed by atoms with Gasteiger partial charge in [0.25, 0.3) is 5.91 Å². The lowest BCUT2D eigenvalue weighted by molar-refractivity contribution is -0.121. The van der Waals surface area contributed by atoms with Crippen molar-refractivity contribution in [2.45, 2.75) is 25.3 Å². The summed E-state index contributed by atoms with van der Waals surface area (Å²) in [7, 11) is 3.11. The first-order valence-corrected chi connectivity index (χ1v) is 9.39. The maximum atomic E-state index is 12.8. The number of carbonyl (C=O) groups excluding carboxylic acids is 2. The van der Waals surface area contributed by atoms with Gasteiger partial charge in [0.1, 0.15) is 6.04 Å². The Kier molecular flexibility index (Phi) is 5.78. The van der Waals surface area contributed by atoms with Crippen molar-refractivity contribution in [2.75, 3.05) is 26.1 Å². The van der Waals surface area contributed by atoms with E-state index in [0.29, 0.717) is 35.0 Å². The van der Waals surface area contributed by atoms with Crippen molar-refractivity contribution in [2.24, 2.45) is 0 Å². The van der Waals surface area contributed by atoms with E-state index in [4.69, 9.17) is 9.47 Å². The molecule has 1 fully saturated rings. The zero-order valence-electron chi connectivity index (χ0n) is 14.9. The summed E-state index contributed by atoms with van der Waals surface area (Å²) in [6.45, 7) is 0.598.